The maximum absolute atomic E-state index is 13.6. The lowest BCUT2D eigenvalue weighted by atomic mass is 10.0. The predicted molar refractivity (Wildman–Crippen MR) is 71.7 cm³/mol. The second kappa shape index (κ2) is 5.00. The third-order valence-electron chi connectivity index (χ3n) is 3.55. The van der Waals surface area contributed by atoms with Crippen molar-refractivity contribution >= 4 is 16.8 Å². The van der Waals surface area contributed by atoms with Gasteiger partial charge in [0.2, 0.25) is 5.78 Å². The summed E-state index contributed by atoms with van der Waals surface area (Å²) in [7, 11) is 0. The molecule has 0 amide bonds. The Morgan fingerprint density at radius 2 is 2.11 bits per heavy atom. The quantitative estimate of drug-likeness (QED) is 0.734. The zero-order valence-corrected chi connectivity index (χ0v) is 10.6. The van der Waals surface area contributed by atoms with E-state index in [9.17, 15) is 9.18 Å². The monoisotopic (exact) mass is 258 g/mol. The molecule has 0 bridgehead atoms. The summed E-state index contributed by atoms with van der Waals surface area (Å²) in [5.41, 5.74) is 0.969. The summed E-state index contributed by atoms with van der Waals surface area (Å²) in [5.74, 6) is -0.280. The van der Waals surface area contributed by atoms with Gasteiger partial charge in [0, 0.05) is 5.39 Å². The number of fused-ring (bicyclic) bond motifs is 1. The van der Waals surface area contributed by atoms with E-state index in [2.05, 4.69) is 0 Å². The summed E-state index contributed by atoms with van der Waals surface area (Å²) in [4.78, 5) is 12.3. The Kier molecular flexibility index (Phi) is 3.20. The number of para-hydroxylation sites is 1. The van der Waals surface area contributed by atoms with E-state index in [-0.39, 0.29) is 17.1 Å². The highest BCUT2D eigenvalue weighted by molar-refractivity contribution is 6.08. The standard InChI is InChI=1S/C16H15FO2/c17-13-9-5-8-12-10-14(19-16(12)13)15(18)11-6-3-1-2-4-7-11/h5-6,8-10H,1-4,7H2. The molecule has 0 spiro atoms. The smallest absolute Gasteiger partial charge is 0.223 e. The number of hydrogen-bond donors (Lipinski definition) is 0. The van der Waals surface area contributed by atoms with Crippen molar-refractivity contribution in [2.24, 2.45) is 0 Å². The number of allylic oxidation sites excluding steroid dienone is 2. The van der Waals surface area contributed by atoms with Crippen molar-refractivity contribution in [2.45, 2.75) is 32.1 Å². The molecular weight excluding hydrogens is 243 g/mol. The maximum atomic E-state index is 13.6. The van der Waals surface area contributed by atoms with Gasteiger partial charge in [0.05, 0.1) is 0 Å². The van der Waals surface area contributed by atoms with Crippen LogP contribution in [0.25, 0.3) is 11.0 Å². The number of carbonyl (C=O) groups excluding carboxylic acids is 1. The first-order valence-corrected chi connectivity index (χ1v) is 6.67. The van der Waals surface area contributed by atoms with Crippen molar-refractivity contribution in [3.8, 4) is 0 Å². The number of hydrogen-bond acceptors (Lipinski definition) is 2. The Morgan fingerprint density at radius 3 is 2.95 bits per heavy atom. The fourth-order valence-electron chi connectivity index (χ4n) is 2.52. The number of rotatable bonds is 2. The van der Waals surface area contributed by atoms with Gasteiger partial charge in [-0.1, -0.05) is 24.6 Å². The molecule has 0 atom stereocenters. The fourth-order valence-corrected chi connectivity index (χ4v) is 2.52. The molecule has 1 aromatic carbocycles. The zero-order chi connectivity index (χ0) is 13.2. The second-order valence-electron chi connectivity index (χ2n) is 4.93. The van der Waals surface area contributed by atoms with E-state index >= 15 is 0 Å². The van der Waals surface area contributed by atoms with Gasteiger partial charge in [-0.3, -0.25) is 4.79 Å². The van der Waals surface area contributed by atoms with E-state index < -0.39 is 5.82 Å². The molecule has 3 heteroatoms. The third kappa shape index (κ3) is 2.33. The fraction of sp³-hybridized carbons (Fsp3) is 0.312. The van der Waals surface area contributed by atoms with Crippen LogP contribution >= 0.6 is 0 Å². The molecule has 1 aliphatic rings. The van der Waals surface area contributed by atoms with Crippen LogP contribution in [0.4, 0.5) is 4.39 Å². The van der Waals surface area contributed by atoms with E-state index in [0.29, 0.717) is 5.39 Å². The van der Waals surface area contributed by atoms with Crippen LogP contribution in [0.1, 0.15) is 42.7 Å². The van der Waals surface area contributed by atoms with Crippen LogP contribution < -0.4 is 0 Å². The van der Waals surface area contributed by atoms with Crippen LogP contribution in [0.5, 0.6) is 0 Å². The summed E-state index contributed by atoms with van der Waals surface area (Å²) < 4.78 is 18.9. The van der Waals surface area contributed by atoms with E-state index in [4.69, 9.17) is 4.42 Å². The highest BCUT2D eigenvalue weighted by atomic mass is 19.1. The molecule has 2 aromatic rings. The minimum Gasteiger partial charge on any atom is -0.449 e. The molecule has 0 N–H and O–H groups in total. The molecule has 0 saturated heterocycles. The third-order valence-corrected chi connectivity index (χ3v) is 3.55. The lowest BCUT2D eigenvalue weighted by Crippen LogP contribution is -2.01. The van der Waals surface area contributed by atoms with Crippen molar-refractivity contribution in [1.82, 2.24) is 0 Å². The van der Waals surface area contributed by atoms with E-state index in [0.717, 1.165) is 37.7 Å². The van der Waals surface area contributed by atoms with Gasteiger partial charge >= 0.3 is 0 Å². The first kappa shape index (κ1) is 12.2. The van der Waals surface area contributed by atoms with Crippen LogP contribution in [0.15, 0.2) is 40.3 Å². The molecule has 2 nitrogen and oxygen atoms in total. The Hall–Kier alpha value is -1.90. The van der Waals surface area contributed by atoms with Gasteiger partial charge in [-0.2, -0.15) is 0 Å². The molecular formula is C16H15FO2. The number of carbonyl (C=O) groups is 1. The van der Waals surface area contributed by atoms with Gasteiger partial charge < -0.3 is 4.42 Å². The number of benzene rings is 1. The average molecular weight is 258 g/mol. The number of ketones is 1. The summed E-state index contributed by atoms with van der Waals surface area (Å²) in [6.45, 7) is 0. The lowest BCUT2D eigenvalue weighted by molar-refractivity contribution is 0.100. The highest BCUT2D eigenvalue weighted by Gasteiger charge is 2.18. The minimum atomic E-state index is -0.425. The van der Waals surface area contributed by atoms with Gasteiger partial charge in [-0.15, -0.1) is 0 Å². The number of furan rings is 1. The maximum Gasteiger partial charge on any atom is 0.223 e. The van der Waals surface area contributed by atoms with Crippen molar-refractivity contribution in [3.05, 3.63) is 47.5 Å². The SMILES string of the molecule is O=C(C1=CCCCCC1)c1cc2cccc(F)c2o1. The van der Waals surface area contributed by atoms with Crippen LogP contribution in [0.3, 0.4) is 0 Å². The first-order valence-electron chi connectivity index (χ1n) is 6.67. The summed E-state index contributed by atoms with van der Waals surface area (Å²) in [5, 5.41) is 0.637. The molecule has 1 aliphatic carbocycles. The van der Waals surface area contributed by atoms with Crippen LogP contribution in [-0.4, -0.2) is 5.78 Å². The molecule has 3 rings (SSSR count). The van der Waals surface area contributed by atoms with Gasteiger partial charge in [0.25, 0.3) is 0 Å². The summed E-state index contributed by atoms with van der Waals surface area (Å²) in [6.07, 6.45) is 7.05. The molecule has 0 saturated carbocycles. The van der Waals surface area contributed by atoms with Gasteiger partial charge in [-0.05, 0) is 43.4 Å². The summed E-state index contributed by atoms with van der Waals surface area (Å²) >= 11 is 0. The van der Waals surface area contributed by atoms with Gasteiger partial charge in [0.1, 0.15) is 0 Å². The molecule has 1 heterocycles. The lowest BCUT2D eigenvalue weighted by Gasteiger charge is -2.00. The second-order valence-corrected chi connectivity index (χ2v) is 4.93. The van der Waals surface area contributed by atoms with Crippen LogP contribution in [0.2, 0.25) is 0 Å². The zero-order valence-electron chi connectivity index (χ0n) is 10.6. The topological polar surface area (TPSA) is 30.2 Å². The van der Waals surface area contributed by atoms with Crippen LogP contribution in [-0.2, 0) is 0 Å². The van der Waals surface area contributed by atoms with E-state index in [1.807, 2.05) is 6.08 Å². The van der Waals surface area contributed by atoms with Gasteiger partial charge in [0.15, 0.2) is 17.2 Å². The van der Waals surface area contributed by atoms with E-state index in [1.165, 1.54) is 6.07 Å². The van der Waals surface area contributed by atoms with Crippen molar-refractivity contribution < 1.29 is 13.6 Å². The Bertz CT molecular complexity index is 652. The summed E-state index contributed by atoms with van der Waals surface area (Å²) in [6, 6.07) is 6.34. The van der Waals surface area contributed by atoms with Crippen molar-refractivity contribution in [3.63, 3.8) is 0 Å². The van der Waals surface area contributed by atoms with E-state index in [1.54, 1.807) is 18.2 Å². The molecule has 0 radical (unpaired) electrons. The molecule has 1 aromatic heterocycles. The molecule has 98 valence electrons. The normalized spacial score (nSPS) is 16.2. The first-order chi connectivity index (χ1) is 9.25. The highest BCUT2D eigenvalue weighted by Crippen LogP contribution is 2.26. The molecule has 0 unspecified atom stereocenters. The largest absolute Gasteiger partial charge is 0.449 e. The van der Waals surface area contributed by atoms with Crippen molar-refractivity contribution in [1.29, 1.82) is 0 Å². The average Bonchev–Trinajstić information content (AvgIpc) is 2.67. The molecule has 19 heavy (non-hydrogen) atoms. The Balaban J connectivity index is 1.97. The number of halogens is 1. The van der Waals surface area contributed by atoms with Crippen molar-refractivity contribution in [2.75, 3.05) is 0 Å². The number of Topliss-reactive ketones (excluding diaryl/α,β-unsaturated/α-hetero) is 1. The minimum absolute atomic E-state index is 0.0995. The Morgan fingerprint density at radius 1 is 1.21 bits per heavy atom. The Labute approximate surface area is 110 Å². The predicted octanol–water partition coefficient (Wildman–Crippen LogP) is 4.65. The van der Waals surface area contributed by atoms with Crippen LogP contribution in [0, 0.1) is 5.82 Å². The molecule has 0 aliphatic heterocycles. The van der Waals surface area contributed by atoms with Gasteiger partial charge in [-0.25, -0.2) is 4.39 Å². The molecule has 0 fully saturated rings.